The lowest BCUT2D eigenvalue weighted by Gasteiger charge is -2.33. The highest BCUT2D eigenvalue weighted by molar-refractivity contribution is 7.89. The van der Waals surface area contributed by atoms with Crippen molar-refractivity contribution < 1.29 is 13.2 Å². The minimum atomic E-state index is -3.69. The largest absolute Gasteiger partial charge is 0.358 e. The number of hydrogen-bond acceptors (Lipinski definition) is 4. The smallest absolute Gasteiger partial charge is 0.241 e. The van der Waals surface area contributed by atoms with Crippen LogP contribution in [0.15, 0.2) is 35.2 Å². The lowest BCUT2D eigenvalue weighted by molar-refractivity contribution is -0.126. The van der Waals surface area contributed by atoms with Crippen LogP contribution in [0, 0.1) is 5.92 Å². The Balaban J connectivity index is 2.09. The molecular formula is C17H27N3O3S. The average molecular weight is 353 g/mol. The molecule has 134 valence electrons. The summed E-state index contributed by atoms with van der Waals surface area (Å²) in [5.41, 5.74) is 5.09. The first kappa shape index (κ1) is 18.9. The van der Waals surface area contributed by atoms with Crippen LogP contribution in [-0.4, -0.2) is 33.5 Å². The van der Waals surface area contributed by atoms with E-state index in [0.717, 1.165) is 25.7 Å². The van der Waals surface area contributed by atoms with Crippen LogP contribution in [0.3, 0.4) is 0 Å². The second-order valence-electron chi connectivity index (χ2n) is 6.58. The third kappa shape index (κ3) is 4.78. The van der Waals surface area contributed by atoms with Gasteiger partial charge >= 0.3 is 0 Å². The minimum absolute atomic E-state index is 0.111. The Morgan fingerprint density at radius 2 is 1.83 bits per heavy atom. The van der Waals surface area contributed by atoms with Gasteiger partial charge < -0.3 is 11.1 Å². The third-order valence-corrected chi connectivity index (χ3v) is 6.11. The van der Waals surface area contributed by atoms with Gasteiger partial charge in [0.25, 0.3) is 0 Å². The number of benzene rings is 1. The van der Waals surface area contributed by atoms with Crippen molar-refractivity contribution in [3.05, 3.63) is 30.3 Å². The van der Waals surface area contributed by atoms with Crippen LogP contribution in [-0.2, 0) is 14.8 Å². The van der Waals surface area contributed by atoms with Gasteiger partial charge in [-0.15, -0.1) is 0 Å². The Morgan fingerprint density at radius 1 is 1.21 bits per heavy atom. The van der Waals surface area contributed by atoms with Crippen LogP contribution in [0.4, 0.5) is 0 Å². The quantitative estimate of drug-likeness (QED) is 0.689. The molecule has 0 aliphatic heterocycles. The van der Waals surface area contributed by atoms with E-state index < -0.39 is 15.6 Å². The molecule has 24 heavy (non-hydrogen) atoms. The number of carbonyl (C=O) groups excluding carboxylic acids is 1. The lowest BCUT2D eigenvalue weighted by atomic mass is 9.79. The molecule has 1 aliphatic carbocycles. The lowest BCUT2D eigenvalue weighted by Crippen LogP contribution is -2.60. The fourth-order valence-electron chi connectivity index (χ4n) is 3.31. The molecule has 1 amide bonds. The minimum Gasteiger partial charge on any atom is -0.358 e. The number of carbonyl (C=O) groups is 1. The summed E-state index contributed by atoms with van der Waals surface area (Å²) in [5.74, 6) is 0.0334. The fraction of sp³-hybridized carbons (Fsp3) is 0.588. The Morgan fingerprint density at radius 3 is 2.42 bits per heavy atom. The number of nitrogens with two attached hydrogens (primary N) is 1. The van der Waals surface area contributed by atoms with Crippen molar-refractivity contribution in [1.29, 1.82) is 0 Å². The molecule has 2 rings (SSSR count). The summed E-state index contributed by atoms with van der Waals surface area (Å²) >= 11 is 0. The van der Waals surface area contributed by atoms with Crippen molar-refractivity contribution in [2.45, 2.75) is 49.0 Å². The standard InChI is InChI=1S/C17H27N3O3S/c1-19-16(21)17(18,12-14-8-4-2-5-9-14)13-20-24(22,23)15-10-6-3-7-11-15/h3,6-7,10-11,14,20H,2,4-5,8-9,12-13,18H2,1H3,(H,19,21). The van der Waals surface area contributed by atoms with E-state index in [1.54, 1.807) is 18.2 Å². The van der Waals surface area contributed by atoms with E-state index >= 15 is 0 Å². The first-order chi connectivity index (χ1) is 11.4. The number of amides is 1. The molecule has 0 aromatic heterocycles. The SMILES string of the molecule is CNC(=O)C(N)(CNS(=O)(=O)c1ccccc1)CC1CCCCC1. The molecule has 1 atom stereocenters. The average Bonchev–Trinajstić information content (AvgIpc) is 2.61. The monoisotopic (exact) mass is 353 g/mol. The molecule has 0 spiro atoms. The molecular weight excluding hydrogens is 326 g/mol. The molecule has 0 radical (unpaired) electrons. The molecule has 1 aliphatic rings. The van der Waals surface area contributed by atoms with Gasteiger partial charge in [0.1, 0.15) is 5.54 Å². The number of rotatable bonds is 7. The van der Waals surface area contributed by atoms with Crippen molar-refractivity contribution in [1.82, 2.24) is 10.0 Å². The highest BCUT2D eigenvalue weighted by Crippen LogP contribution is 2.30. The Bertz CT molecular complexity index is 642. The maximum Gasteiger partial charge on any atom is 0.241 e. The van der Waals surface area contributed by atoms with Crippen LogP contribution in [0.25, 0.3) is 0 Å². The zero-order valence-electron chi connectivity index (χ0n) is 14.1. The van der Waals surface area contributed by atoms with Crippen molar-refractivity contribution >= 4 is 15.9 Å². The second-order valence-corrected chi connectivity index (χ2v) is 8.35. The first-order valence-corrected chi connectivity index (χ1v) is 9.91. The third-order valence-electron chi connectivity index (χ3n) is 4.69. The molecule has 1 fully saturated rings. The number of sulfonamides is 1. The molecule has 6 nitrogen and oxygen atoms in total. The van der Waals surface area contributed by atoms with E-state index in [1.165, 1.54) is 25.6 Å². The van der Waals surface area contributed by atoms with E-state index in [2.05, 4.69) is 10.0 Å². The predicted molar refractivity (Wildman–Crippen MR) is 93.8 cm³/mol. The molecule has 1 unspecified atom stereocenters. The van der Waals surface area contributed by atoms with E-state index in [-0.39, 0.29) is 17.3 Å². The van der Waals surface area contributed by atoms with Gasteiger partial charge in [0.15, 0.2) is 0 Å². The summed E-state index contributed by atoms with van der Waals surface area (Å²) in [4.78, 5) is 12.5. The molecule has 0 heterocycles. The molecule has 1 aromatic rings. The summed E-state index contributed by atoms with van der Waals surface area (Å²) < 4.78 is 27.3. The van der Waals surface area contributed by atoms with Crippen molar-refractivity contribution in [3.63, 3.8) is 0 Å². The zero-order chi connectivity index (χ0) is 17.6. The topological polar surface area (TPSA) is 101 Å². The van der Waals surface area contributed by atoms with E-state index in [1.807, 2.05) is 0 Å². The highest BCUT2D eigenvalue weighted by atomic mass is 32.2. The van der Waals surface area contributed by atoms with Crippen molar-refractivity contribution in [3.8, 4) is 0 Å². The normalized spacial score (nSPS) is 18.8. The fourth-order valence-corrected chi connectivity index (χ4v) is 4.44. The van der Waals surface area contributed by atoms with Crippen LogP contribution in [0.2, 0.25) is 0 Å². The highest BCUT2D eigenvalue weighted by Gasteiger charge is 2.37. The van der Waals surface area contributed by atoms with Crippen molar-refractivity contribution in [2.75, 3.05) is 13.6 Å². The number of nitrogens with one attached hydrogen (secondary N) is 2. The molecule has 1 aromatic carbocycles. The van der Waals surface area contributed by atoms with Gasteiger partial charge in [-0.2, -0.15) is 0 Å². The second kappa shape index (κ2) is 8.09. The predicted octanol–water partition coefficient (Wildman–Crippen LogP) is 1.38. The van der Waals surface area contributed by atoms with Gasteiger partial charge in [-0.05, 0) is 24.5 Å². The van der Waals surface area contributed by atoms with Gasteiger partial charge in [0.2, 0.25) is 15.9 Å². The Kier molecular flexibility index (Phi) is 6.37. The maximum absolute atomic E-state index is 12.4. The summed E-state index contributed by atoms with van der Waals surface area (Å²) in [5, 5.41) is 2.57. The molecule has 0 bridgehead atoms. The first-order valence-electron chi connectivity index (χ1n) is 8.43. The maximum atomic E-state index is 12.4. The van der Waals surface area contributed by atoms with Gasteiger partial charge in [-0.25, -0.2) is 13.1 Å². The zero-order valence-corrected chi connectivity index (χ0v) is 14.9. The van der Waals surface area contributed by atoms with Crippen LogP contribution in [0.5, 0.6) is 0 Å². The van der Waals surface area contributed by atoms with E-state index in [9.17, 15) is 13.2 Å². The number of hydrogen-bond donors (Lipinski definition) is 3. The van der Waals surface area contributed by atoms with Crippen molar-refractivity contribution in [2.24, 2.45) is 11.7 Å². The van der Waals surface area contributed by atoms with Crippen LogP contribution < -0.4 is 15.8 Å². The van der Waals surface area contributed by atoms with Crippen LogP contribution >= 0.6 is 0 Å². The van der Waals surface area contributed by atoms with Gasteiger partial charge in [-0.3, -0.25) is 4.79 Å². The summed E-state index contributed by atoms with van der Waals surface area (Å²) in [7, 11) is -2.16. The van der Waals surface area contributed by atoms with Gasteiger partial charge in [0.05, 0.1) is 4.90 Å². The summed E-state index contributed by atoms with van der Waals surface area (Å²) in [6.07, 6.45) is 6.08. The van der Waals surface area contributed by atoms with E-state index in [0.29, 0.717) is 12.3 Å². The van der Waals surface area contributed by atoms with Gasteiger partial charge in [0, 0.05) is 13.6 Å². The molecule has 1 saturated carbocycles. The molecule has 4 N–H and O–H groups in total. The summed E-state index contributed by atoms with van der Waals surface area (Å²) in [6.45, 7) is -0.111. The van der Waals surface area contributed by atoms with Gasteiger partial charge in [-0.1, -0.05) is 50.3 Å². The Hall–Kier alpha value is -1.44. The number of likely N-dealkylation sites (N-methyl/N-ethyl adjacent to an activating group) is 1. The van der Waals surface area contributed by atoms with Crippen LogP contribution in [0.1, 0.15) is 38.5 Å². The Labute approximate surface area is 144 Å². The summed E-state index contributed by atoms with van der Waals surface area (Å²) in [6, 6.07) is 8.10. The molecule has 0 saturated heterocycles. The van der Waals surface area contributed by atoms with E-state index in [4.69, 9.17) is 5.73 Å². The molecule has 7 heteroatoms.